The van der Waals surface area contributed by atoms with Crippen LogP contribution in [0.3, 0.4) is 0 Å². The van der Waals surface area contributed by atoms with Crippen LogP contribution in [0.15, 0.2) is 18.2 Å². The van der Waals surface area contributed by atoms with Gasteiger partial charge < -0.3 is 15.4 Å². The van der Waals surface area contributed by atoms with Crippen molar-refractivity contribution >= 4 is 17.3 Å². The van der Waals surface area contributed by atoms with E-state index in [0.29, 0.717) is 5.92 Å². The fourth-order valence-corrected chi connectivity index (χ4v) is 2.23. The van der Waals surface area contributed by atoms with Gasteiger partial charge in [0, 0.05) is 31.2 Å². The summed E-state index contributed by atoms with van der Waals surface area (Å²) < 4.78 is 18.9. The molecule has 2 atom stereocenters. The predicted molar refractivity (Wildman–Crippen MR) is 72.7 cm³/mol. The molecule has 0 radical (unpaired) electrons. The molecule has 1 heterocycles. The van der Waals surface area contributed by atoms with E-state index in [1.54, 1.807) is 12.1 Å². The summed E-state index contributed by atoms with van der Waals surface area (Å²) in [4.78, 5) is 11.0. The molecule has 1 aliphatic rings. The number of benzene rings is 1. The first-order valence-corrected chi connectivity index (χ1v) is 6.47. The number of nitrogens with one attached hydrogen (secondary N) is 2. The van der Waals surface area contributed by atoms with Gasteiger partial charge in [-0.15, -0.1) is 0 Å². The van der Waals surface area contributed by atoms with Crippen molar-refractivity contribution in [3.05, 3.63) is 24.0 Å². The van der Waals surface area contributed by atoms with Crippen molar-refractivity contribution in [3.8, 4) is 0 Å². The second-order valence-corrected chi connectivity index (χ2v) is 4.93. The predicted octanol–water partition coefficient (Wildman–Crippen LogP) is 2.62. The van der Waals surface area contributed by atoms with Crippen LogP contribution in [0, 0.1) is 11.7 Å². The summed E-state index contributed by atoms with van der Waals surface area (Å²) in [5, 5.41) is 5.80. The zero-order valence-electron chi connectivity index (χ0n) is 11.2. The van der Waals surface area contributed by atoms with Gasteiger partial charge in [-0.3, -0.25) is 4.79 Å². The third-order valence-electron chi connectivity index (χ3n) is 3.34. The van der Waals surface area contributed by atoms with E-state index in [0.717, 1.165) is 25.3 Å². The molecular weight excluding hydrogens is 247 g/mol. The van der Waals surface area contributed by atoms with Gasteiger partial charge in [-0.05, 0) is 31.5 Å². The van der Waals surface area contributed by atoms with Crippen LogP contribution in [0.2, 0.25) is 0 Å². The Hall–Kier alpha value is -1.62. The van der Waals surface area contributed by atoms with Crippen LogP contribution in [-0.2, 0) is 9.53 Å². The van der Waals surface area contributed by atoms with Gasteiger partial charge in [0.1, 0.15) is 5.82 Å². The van der Waals surface area contributed by atoms with E-state index in [1.807, 2.05) is 0 Å². The molecule has 104 valence electrons. The number of rotatable bonds is 4. The highest BCUT2D eigenvalue weighted by Gasteiger charge is 2.22. The molecule has 1 saturated heterocycles. The van der Waals surface area contributed by atoms with Gasteiger partial charge in [-0.2, -0.15) is 0 Å². The number of hydrogen-bond acceptors (Lipinski definition) is 3. The molecule has 1 aliphatic heterocycles. The lowest BCUT2D eigenvalue weighted by atomic mass is 10.0. The van der Waals surface area contributed by atoms with E-state index < -0.39 is 5.82 Å². The van der Waals surface area contributed by atoms with Crippen molar-refractivity contribution in [3.63, 3.8) is 0 Å². The van der Waals surface area contributed by atoms with Crippen molar-refractivity contribution in [1.29, 1.82) is 0 Å². The minimum absolute atomic E-state index is 0.201. The Kier molecular flexibility index (Phi) is 4.37. The SMILES string of the molecule is CC(=O)Nc1cc(NC(C)C2CCOC2)ccc1F. The van der Waals surface area contributed by atoms with Crippen molar-refractivity contribution in [1.82, 2.24) is 0 Å². The van der Waals surface area contributed by atoms with Crippen LogP contribution in [0.5, 0.6) is 0 Å². The lowest BCUT2D eigenvalue weighted by molar-refractivity contribution is -0.114. The lowest BCUT2D eigenvalue weighted by Gasteiger charge is -2.21. The zero-order chi connectivity index (χ0) is 13.8. The molecule has 0 saturated carbocycles. The zero-order valence-corrected chi connectivity index (χ0v) is 11.2. The van der Waals surface area contributed by atoms with E-state index in [4.69, 9.17) is 4.74 Å². The second-order valence-electron chi connectivity index (χ2n) is 4.93. The molecule has 1 fully saturated rings. The molecule has 1 aromatic carbocycles. The molecule has 19 heavy (non-hydrogen) atoms. The van der Waals surface area contributed by atoms with Gasteiger partial charge in [0.2, 0.25) is 5.91 Å². The van der Waals surface area contributed by atoms with Crippen molar-refractivity contribution in [2.75, 3.05) is 23.8 Å². The van der Waals surface area contributed by atoms with Gasteiger partial charge >= 0.3 is 0 Å². The molecule has 1 aromatic rings. The van der Waals surface area contributed by atoms with Crippen LogP contribution in [0.1, 0.15) is 20.3 Å². The normalized spacial score (nSPS) is 20.1. The van der Waals surface area contributed by atoms with Gasteiger partial charge in [0.25, 0.3) is 0 Å². The molecule has 0 spiro atoms. The maximum absolute atomic E-state index is 13.5. The molecule has 2 rings (SSSR count). The Labute approximate surface area is 112 Å². The Morgan fingerprint density at radius 1 is 1.53 bits per heavy atom. The topological polar surface area (TPSA) is 50.4 Å². The third kappa shape index (κ3) is 3.67. The van der Waals surface area contributed by atoms with Crippen LogP contribution in [-0.4, -0.2) is 25.2 Å². The van der Waals surface area contributed by atoms with E-state index >= 15 is 0 Å². The van der Waals surface area contributed by atoms with Crippen LogP contribution in [0.4, 0.5) is 15.8 Å². The molecule has 0 bridgehead atoms. The highest BCUT2D eigenvalue weighted by Crippen LogP contribution is 2.23. The van der Waals surface area contributed by atoms with Crippen LogP contribution < -0.4 is 10.6 Å². The maximum Gasteiger partial charge on any atom is 0.221 e. The first-order chi connectivity index (χ1) is 9.06. The largest absolute Gasteiger partial charge is 0.382 e. The molecule has 4 nitrogen and oxygen atoms in total. The van der Waals surface area contributed by atoms with Gasteiger partial charge in [-0.25, -0.2) is 4.39 Å². The number of hydrogen-bond donors (Lipinski definition) is 2. The monoisotopic (exact) mass is 266 g/mol. The Bertz CT molecular complexity index is 459. The fourth-order valence-electron chi connectivity index (χ4n) is 2.23. The highest BCUT2D eigenvalue weighted by molar-refractivity contribution is 5.89. The highest BCUT2D eigenvalue weighted by atomic mass is 19.1. The van der Waals surface area contributed by atoms with E-state index in [1.165, 1.54) is 13.0 Å². The van der Waals surface area contributed by atoms with E-state index in [2.05, 4.69) is 17.6 Å². The minimum atomic E-state index is -0.433. The first kappa shape index (κ1) is 13.8. The first-order valence-electron chi connectivity index (χ1n) is 6.47. The number of carbonyl (C=O) groups excluding carboxylic acids is 1. The summed E-state index contributed by atoms with van der Waals surface area (Å²) in [6, 6.07) is 4.89. The standard InChI is InChI=1S/C14H19FN2O2/c1-9(11-5-6-19-8-11)16-12-3-4-13(15)14(7-12)17-10(2)18/h3-4,7,9,11,16H,5-6,8H2,1-2H3,(H,17,18). The molecule has 0 aromatic heterocycles. The Morgan fingerprint density at radius 2 is 2.32 bits per heavy atom. The summed E-state index contributed by atoms with van der Waals surface area (Å²) in [5.41, 5.74) is 0.997. The summed E-state index contributed by atoms with van der Waals surface area (Å²) in [7, 11) is 0. The molecule has 5 heteroatoms. The molecule has 2 unspecified atom stereocenters. The Balaban J connectivity index is 2.05. The lowest BCUT2D eigenvalue weighted by Crippen LogP contribution is -2.26. The van der Waals surface area contributed by atoms with Gasteiger partial charge in [0.15, 0.2) is 0 Å². The molecule has 1 amide bonds. The number of anilines is 2. The molecule has 2 N–H and O–H groups in total. The molecular formula is C14H19FN2O2. The smallest absolute Gasteiger partial charge is 0.221 e. The number of amides is 1. The van der Waals surface area contributed by atoms with E-state index in [-0.39, 0.29) is 17.6 Å². The van der Waals surface area contributed by atoms with Gasteiger partial charge in [0.05, 0.1) is 12.3 Å². The summed E-state index contributed by atoms with van der Waals surface area (Å²) in [6.07, 6.45) is 1.04. The van der Waals surface area contributed by atoms with Crippen LogP contribution in [0.25, 0.3) is 0 Å². The number of ether oxygens (including phenoxy) is 1. The minimum Gasteiger partial charge on any atom is -0.382 e. The summed E-state index contributed by atoms with van der Waals surface area (Å²) in [6.45, 7) is 5.00. The van der Waals surface area contributed by atoms with Crippen molar-refractivity contribution in [2.24, 2.45) is 5.92 Å². The van der Waals surface area contributed by atoms with Gasteiger partial charge in [-0.1, -0.05) is 0 Å². The fraction of sp³-hybridized carbons (Fsp3) is 0.500. The van der Waals surface area contributed by atoms with E-state index in [9.17, 15) is 9.18 Å². The number of halogens is 1. The molecule has 0 aliphatic carbocycles. The maximum atomic E-state index is 13.5. The number of carbonyl (C=O) groups is 1. The van der Waals surface area contributed by atoms with Crippen molar-refractivity contribution < 1.29 is 13.9 Å². The average Bonchev–Trinajstić information content (AvgIpc) is 2.86. The average molecular weight is 266 g/mol. The van der Waals surface area contributed by atoms with Crippen molar-refractivity contribution in [2.45, 2.75) is 26.3 Å². The quantitative estimate of drug-likeness (QED) is 0.880. The third-order valence-corrected chi connectivity index (χ3v) is 3.34. The van der Waals surface area contributed by atoms with Crippen LogP contribution >= 0.6 is 0 Å². The second kappa shape index (κ2) is 6.02. The Morgan fingerprint density at radius 3 is 2.95 bits per heavy atom. The summed E-state index contributed by atoms with van der Waals surface area (Å²) >= 11 is 0. The summed E-state index contributed by atoms with van der Waals surface area (Å²) in [5.74, 6) is -0.250.